The van der Waals surface area contributed by atoms with Crippen molar-refractivity contribution < 1.29 is 18.7 Å². The van der Waals surface area contributed by atoms with Gasteiger partial charge in [0.15, 0.2) is 0 Å². The molecule has 114 valence electrons. The van der Waals surface area contributed by atoms with E-state index in [4.69, 9.17) is 0 Å². The van der Waals surface area contributed by atoms with Crippen LogP contribution in [0.2, 0.25) is 0 Å². The van der Waals surface area contributed by atoms with Crippen LogP contribution in [0.25, 0.3) is 0 Å². The zero-order valence-corrected chi connectivity index (χ0v) is 12.1. The number of nitrogens with one attached hydrogen (secondary N) is 1. The number of ether oxygens (including phenoxy) is 1. The van der Waals surface area contributed by atoms with E-state index in [-0.39, 0.29) is 18.1 Å². The average molecular weight is 301 g/mol. The van der Waals surface area contributed by atoms with Crippen molar-refractivity contribution in [3.05, 3.63) is 65.5 Å². The minimum atomic E-state index is -0.456. The molecule has 0 unspecified atom stereocenters. The molecule has 0 heterocycles. The van der Waals surface area contributed by atoms with Crippen molar-refractivity contribution in [3.63, 3.8) is 0 Å². The molecule has 5 heteroatoms. The second-order valence-corrected chi connectivity index (χ2v) is 4.75. The fraction of sp³-hybridized carbons (Fsp3) is 0.176. The molecule has 1 N–H and O–H groups in total. The predicted molar refractivity (Wildman–Crippen MR) is 81.1 cm³/mol. The number of hydrogen-bond acceptors (Lipinski definition) is 3. The summed E-state index contributed by atoms with van der Waals surface area (Å²) < 4.78 is 17.4. The van der Waals surface area contributed by atoms with Crippen LogP contribution < -0.4 is 5.32 Å². The van der Waals surface area contributed by atoms with Crippen molar-refractivity contribution in [2.75, 3.05) is 12.4 Å². The van der Waals surface area contributed by atoms with Crippen molar-refractivity contribution in [3.8, 4) is 0 Å². The first-order valence-corrected chi connectivity index (χ1v) is 6.81. The van der Waals surface area contributed by atoms with Gasteiger partial charge in [-0.15, -0.1) is 0 Å². The number of hydrogen-bond donors (Lipinski definition) is 1. The van der Waals surface area contributed by atoms with Gasteiger partial charge >= 0.3 is 5.97 Å². The first-order chi connectivity index (χ1) is 10.6. The number of benzene rings is 2. The molecule has 4 nitrogen and oxygen atoms in total. The summed E-state index contributed by atoms with van der Waals surface area (Å²) in [5.74, 6) is -0.929. The van der Waals surface area contributed by atoms with Crippen molar-refractivity contribution in [1.29, 1.82) is 0 Å². The van der Waals surface area contributed by atoms with Crippen molar-refractivity contribution >= 4 is 17.6 Å². The van der Waals surface area contributed by atoms with Gasteiger partial charge in [-0.1, -0.05) is 18.2 Å². The number of anilines is 1. The summed E-state index contributed by atoms with van der Waals surface area (Å²) in [5, 5.41) is 2.72. The number of halogens is 1. The average Bonchev–Trinajstić information content (AvgIpc) is 2.54. The molecule has 0 spiro atoms. The number of esters is 1. The Hall–Kier alpha value is -2.69. The molecular formula is C17H16FNO3. The van der Waals surface area contributed by atoms with Gasteiger partial charge in [-0.3, -0.25) is 4.79 Å². The third-order valence-electron chi connectivity index (χ3n) is 3.12. The van der Waals surface area contributed by atoms with Crippen molar-refractivity contribution in [2.45, 2.75) is 12.8 Å². The number of methoxy groups -OCH3 is 1. The Kier molecular flexibility index (Phi) is 5.25. The molecule has 2 aromatic carbocycles. The quantitative estimate of drug-likeness (QED) is 0.863. The van der Waals surface area contributed by atoms with E-state index in [9.17, 15) is 14.0 Å². The normalized spacial score (nSPS) is 10.1. The summed E-state index contributed by atoms with van der Waals surface area (Å²) in [6, 6.07) is 12.6. The lowest BCUT2D eigenvalue weighted by Gasteiger charge is -2.07. The lowest BCUT2D eigenvalue weighted by Crippen LogP contribution is -2.13. The molecule has 0 atom stereocenters. The third-order valence-corrected chi connectivity index (χ3v) is 3.12. The van der Waals surface area contributed by atoms with Crippen LogP contribution in [0, 0.1) is 5.82 Å². The van der Waals surface area contributed by atoms with Crippen LogP contribution >= 0.6 is 0 Å². The van der Waals surface area contributed by atoms with Gasteiger partial charge < -0.3 is 10.1 Å². The molecule has 0 bridgehead atoms. The molecule has 0 fully saturated rings. The summed E-state index contributed by atoms with van der Waals surface area (Å²) in [7, 11) is 1.30. The minimum absolute atomic E-state index is 0.175. The lowest BCUT2D eigenvalue weighted by atomic mass is 10.1. The maximum Gasteiger partial charge on any atom is 0.337 e. The SMILES string of the molecule is COC(=O)c1cccc(NC(=O)CCc2ccc(F)cc2)c1. The number of carbonyl (C=O) groups excluding carboxylic acids is 2. The summed E-state index contributed by atoms with van der Waals surface area (Å²) >= 11 is 0. The Morgan fingerprint density at radius 2 is 1.86 bits per heavy atom. The third kappa shape index (κ3) is 4.41. The van der Waals surface area contributed by atoms with E-state index in [1.54, 1.807) is 36.4 Å². The van der Waals surface area contributed by atoms with Crippen LogP contribution in [0.5, 0.6) is 0 Å². The maximum absolute atomic E-state index is 12.8. The van der Waals surface area contributed by atoms with E-state index in [1.807, 2.05) is 0 Å². The van der Waals surface area contributed by atoms with Gasteiger partial charge in [-0.25, -0.2) is 9.18 Å². The highest BCUT2D eigenvalue weighted by Crippen LogP contribution is 2.13. The second-order valence-electron chi connectivity index (χ2n) is 4.75. The highest BCUT2D eigenvalue weighted by Gasteiger charge is 2.08. The Labute approximate surface area is 127 Å². The van der Waals surface area contributed by atoms with Gasteiger partial charge in [0.25, 0.3) is 0 Å². The molecule has 0 radical (unpaired) electrons. The molecule has 2 aromatic rings. The van der Waals surface area contributed by atoms with E-state index in [2.05, 4.69) is 10.1 Å². The number of amides is 1. The van der Waals surface area contributed by atoms with E-state index in [0.29, 0.717) is 17.7 Å². The van der Waals surface area contributed by atoms with Crippen LogP contribution in [0.15, 0.2) is 48.5 Å². The van der Waals surface area contributed by atoms with Crippen LogP contribution in [-0.2, 0) is 16.0 Å². The predicted octanol–water partition coefficient (Wildman–Crippen LogP) is 3.18. The van der Waals surface area contributed by atoms with Gasteiger partial charge in [0.2, 0.25) is 5.91 Å². The highest BCUT2D eigenvalue weighted by molar-refractivity contribution is 5.94. The number of aryl methyl sites for hydroxylation is 1. The van der Waals surface area contributed by atoms with Crippen LogP contribution in [-0.4, -0.2) is 19.0 Å². The van der Waals surface area contributed by atoms with E-state index in [1.165, 1.54) is 19.2 Å². The molecule has 0 saturated carbocycles. The van der Waals surface area contributed by atoms with E-state index >= 15 is 0 Å². The smallest absolute Gasteiger partial charge is 0.337 e. The fourth-order valence-corrected chi connectivity index (χ4v) is 1.97. The van der Waals surface area contributed by atoms with Gasteiger partial charge in [0.05, 0.1) is 12.7 Å². The highest BCUT2D eigenvalue weighted by atomic mass is 19.1. The summed E-state index contributed by atoms with van der Waals surface area (Å²) in [4.78, 5) is 23.3. The second kappa shape index (κ2) is 7.36. The van der Waals surface area contributed by atoms with E-state index in [0.717, 1.165) is 5.56 Å². The molecule has 0 aliphatic rings. The van der Waals surface area contributed by atoms with Gasteiger partial charge in [0.1, 0.15) is 5.82 Å². The standard InChI is InChI=1S/C17H16FNO3/c1-22-17(21)13-3-2-4-15(11-13)19-16(20)10-7-12-5-8-14(18)9-6-12/h2-6,8-9,11H,7,10H2,1H3,(H,19,20). The van der Waals surface area contributed by atoms with Crippen LogP contribution in [0.3, 0.4) is 0 Å². The molecular weight excluding hydrogens is 285 g/mol. The number of carbonyl (C=O) groups is 2. The molecule has 2 rings (SSSR count). The fourth-order valence-electron chi connectivity index (χ4n) is 1.97. The number of rotatable bonds is 5. The van der Waals surface area contributed by atoms with Crippen molar-refractivity contribution in [2.24, 2.45) is 0 Å². The Morgan fingerprint density at radius 1 is 1.14 bits per heavy atom. The molecule has 0 aromatic heterocycles. The summed E-state index contributed by atoms with van der Waals surface area (Å²) in [6.07, 6.45) is 0.789. The Bertz CT molecular complexity index is 668. The summed E-state index contributed by atoms with van der Waals surface area (Å²) in [6.45, 7) is 0. The largest absolute Gasteiger partial charge is 0.465 e. The minimum Gasteiger partial charge on any atom is -0.465 e. The maximum atomic E-state index is 12.8. The van der Waals surface area contributed by atoms with E-state index < -0.39 is 5.97 Å². The zero-order valence-electron chi connectivity index (χ0n) is 12.1. The molecule has 22 heavy (non-hydrogen) atoms. The van der Waals surface area contributed by atoms with Gasteiger partial charge in [0, 0.05) is 12.1 Å². The first-order valence-electron chi connectivity index (χ1n) is 6.81. The zero-order chi connectivity index (χ0) is 15.9. The molecule has 0 aliphatic heterocycles. The Balaban J connectivity index is 1.91. The first kappa shape index (κ1) is 15.7. The van der Waals surface area contributed by atoms with Crippen LogP contribution in [0.1, 0.15) is 22.3 Å². The molecule has 1 amide bonds. The van der Waals surface area contributed by atoms with Crippen LogP contribution in [0.4, 0.5) is 10.1 Å². The van der Waals surface area contributed by atoms with Gasteiger partial charge in [-0.2, -0.15) is 0 Å². The summed E-state index contributed by atoms with van der Waals surface area (Å²) in [5.41, 5.74) is 1.80. The molecule has 0 aliphatic carbocycles. The van der Waals surface area contributed by atoms with Gasteiger partial charge in [-0.05, 0) is 42.3 Å². The Morgan fingerprint density at radius 3 is 2.55 bits per heavy atom. The lowest BCUT2D eigenvalue weighted by molar-refractivity contribution is -0.116. The van der Waals surface area contributed by atoms with Crippen molar-refractivity contribution in [1.82, 2.24) is 0 Å². The monoisotopic (exact) mass is 301 g/mol. The molecule has 0 saturated heterocycles. The topological polar surface area (TPSA) is 55.4 Å².